The highest BCUT2D eigenvalue weighted by Gasteiger charge is 2.15. The average Bonchev–Trinajstić information content (AvgIpc) is 2.79. The molecule has 3 rings (SSSR count). The smallest absolute Gasteiger partial charge is 0.0594 e. The summed E-state index contributed by atoms with van der Waals surface area (Å²) >= 11 is 0. The van der Waals surface area contributed by atoms with Crippen molar-refractivity contribution < 1.29 is 4.74 Å². The molecule has 4 nitrogen and oxygen atoms in total. The van der Waals surface area contributed by atoms with Gasteiger partial charge in [0.05, 0.1) is 18.7 Å². The molecule has 1 saturated heterocycles. The van der Waals surface area contributed by atoms with E-state index in [9.17, 15) is 0 Å². The minimum absolute atomic E-state index is 0.842. The van der Waals surface area contributed by atoms with Crippen molar-refractivity contribution in [2.45, 2.75) is 20.0 Å². The summed E-state index contributed by atoms with van der Waals surface area (Å²) in [6.07, 6.45) is 0. The van der Waals surface area contributed by atoms with Crippen molar-refractivity contribution in [3.63, 3.8) is 0 Å². The van der Waals surface area contributed by atoms with Crippen molar-refractivity contribution in [2.75, 3.05) is 32.0 Å². The summed E-state index contributed by atoms with van der Waals surface area (Å²) in [5.74, 6) is 0. The number of fused-ring (bicyclic) bond motifs is 1. The van der Waals surface area contributed by atoms with E-state index in [0.717, 1.165) is 45.1 Å². The molecule has 0 unspecified atom stereocenters. The van der Waals surface area contributed by atoms with E-state index in [1.165, 1.54) is 16.6 Å². The highest BCUT2D eigenvalue weighted by Crippen LogP contribution is 2.26. The van der Waals surface area contributed by atoms with Crippen LogP contribution in [0.4, 0.5) is 5.69 Å². The predicted molar refractivity (Wildman–Crippen MR) is 78.1 cm³/mol. The van der Waals surface area contributed by atoms with Crippen LogP contribution in [-0.4, -0.2) is 35.8 Å². The van der Waals surface area contributed by atoms with Gasteiger partial charge in [-0.2, -0.15) is 0 Å². The Kier molecular flexibility index (Phi) is 3.44. The molecular formula is C15H21N3O. The van der Waals surface area contributed by atoms with Gasteiger partial charge in [0.25, 0.3) is 0 Å². The Labute approximate surface area is 113 Å². The van der Waals surface area contributed by atoms with Crippen molar-refractivity contribution in [3.05, 3.63) is 30.0 Å². The molecule has 2 aromatic rings. The maximum Gasteiger partial charge on any atom is 0.0594 e. The van der Waals surface area contributed by atoms with Crippen LogP contribution >= 0.6 is 0 Å². The molecule has 0 spiro atoms. The lowest BCUT2D eigenvalue weighted by Crippen LogP contribution is -2.36. The minimum atomic E-state index is 0.842. The third kappa shape index (κ3) is 2.33. The zero-order valence-corrected chi connectivity index (χ0v) is 11.4. The predicted octanol–water partition coefficient (Wildman–Crippen LogP) is 2.08. The van der Waals surface area contributed by atoms with E-state index in [0.29, 0.717) is 0 Å². The number of rotatable bonds is 3. The van der Waals surface area contributed by atoms with Gasteiger partial charge < -0.3 is 15.0 Å². The van der Waals surface area contributed by atoms with E-state index in [1.807, 2.05) is 12.1 Å². The van der Waals surface area contributed by atoms with Gasteiger partial charge in [-0.3, -0.25) is 4.90 Å². The van der Waals surface area contributed by atoms with Gasteiger partial charge in [0.1, 0.15) is 0 Å². The van der Waals surface area contributed by atoms with Crippen LogP contribution < -0.4 is 5.73 Å². The Balaban J connectivity index is 1.95. The fourth-order valence-corrected chi connectivity index (χ4v) is 2.86. The molecule has 1 aromatic carbocycles. The van der Waals surface area contributed by atoms with Crippen LogP contribution in [-0.2, 0) is 17.8 Å². The van der Waals surface area contributed by atoms with E-state index >= 15 is 0 Å². The van der Waals surface area contributed by atoms with Crippen LogP contribution in [0, 0.1) is 0 Å². The van der Waals surface area contributed by atoms with Crippen molar-refractivity contribution in [1.29, 1.82) is 0 Å². The Morgan fingerprint density at radius 2 is 2.05 bits per heavy atom. The lowest BCUT2D eigenvalue weighted by Gasteiger charge is -2.26. The molecular weight excluding hydrogens is 238 g/mol. The molecule has 19 heavy (non-hydrogen) atoms. The van der Waals surface area contributed by atoms with Gasteiger partial charge in [-0.05, 0) is 25.1 Å². The first-order valence-corrected chi connectivity index (χ1v) is 6.96. The van der Waals surface area contributed by atoms with Gasteiger partial charge in [0, 0.05) is 42.9 Å². The van der Waals surface area contributed by atoms with E-state index in [4.69, 9.17) is 10.5 Å². The van der Waals surface area contributed by atoms with Crippen LogP contribution in [0.5, 0.6) is 0 Å². The lowest BCUT2D eigenvalue weighted by molar-refractivity contribution is 0.0332. The van der Waals surface area contributed by atoms with Crippen molar-refractivity contribution in [1.82, 2.24) is 9.47 Å². The third-order valence-corrected chi connectivity index (χ3v) is 3.87. The largest absolute Gasteiger partial charge is 0.398 e. The molecule has 0 aliphatic carbocycles. The Hall–Kier alpha value is -1.52. The molecule has 0 saturated carbocycles. The molecule has 0 radical (unpaired) electrons. The summed E-state index contributed by atoms with van der Waals surface area (Å²) in [4.78, 5) is 2.44. The van der Waals surface area contributed by atoms with Crippen LogP contribution in [0.1, 0.15) is 12.6 Å². The van der Waals surface area contributed by atoms with Crippen LogP contribution in [0.3, 0.4) is 0 Å². The normalized spacial score (nSPS) is 17.1. The van der Waals surface area contributed by atoms with Crippen LogP contribution in [0.2, 0.25) is 0 Å². The number of ether oxygens (including phenoxy) is 1. The second-order valence-electron chi connectivity index (χ2n) is 5.05. The van der Waals surface area contributed by atoms with E-state index in [2.05, 4.69) is 28.5 Å². The topological polar surface area (TPSA) is 43.4 Å². The maximum atomic E-state index is 6.08. The van der Waals surface area contributed by atoms with Crippen LogP contribution in [0.15, 0.2) is 24.3 Å². The fraction of sp³-hybridized carbons (Fsp3) is 0.467. The van der Waals surface area contributed by atoms with Crippen molar-refractivity contribution in [3.8, 4) is 0 Å². The summed E-state index contributed by atoms with van der Waals surface area (Å²) in [6.45, 7) is 7.85. The highest BCUT2D eigenvalue weighted by molar-refractivity contribution is 5.92. The number of hydrogen-bond acceptors (Lipinski definition) is 3. The summed E-state index contributed by atoms with van der Waals surface area (Å²) in [6, 6.07) is 8.39. The second kappa shape index (κ2) is 5.23. The molecule has 1 aromatic heterocycles. The summed E-state index contributed by atoms with van der Waals surface area (Å²) in [5.41, 5.74) is 9.53. The first kappa shape index (κ1) is 12.5. The van der Waals surface area contributed by atoms with Gasteiger partial charge in [-0.15, -0.1) is 0 Å². The zero-order valence-electron chi connectivity index (χ0n) is 11.4. The molecule has 0 amide bonds. The van der Waals surface area contributed by atoms with E-state index in [1.54, 1.807) is 0 Å². The molecule has 0 atom stereocenters. The number of morpholine rings is 1. The first-order chi connectivity index (χ1) is 9.29. The zero-order chi connectivity index (χ0) is 13.2. The maximum absolute atomic E-state index is 6.08. The van der Waals surface area contributed by atoms with E-state index < -0.39 is 0 Å². The van der Waals surface area contributed by atoms with Gasteiger partial charge in [-0.25, -0.2) is 0 Å². The van der Waals surface area contributed by atoms with Gasteiger partial charge in [0.2, 0.25) is 0 Å². The molecule has 2 N–H and O–H groups in total. The standard InChI is InChI=1S/C15H21N3O/c1-2-18-12(11-17-6-8-19-9-7-17)10-13-14(16)4-3-5-15(13)18/h3-5,10H,2,6-9,11,16H2,1H3. The van der Waals surface area contributed by atoms with Gasteiger partial charge >= 0.3 is 0 Å². The number of aryl methyl sites for hydroxylation is 1. The highest BCUT2D eigenvalue weighted by atomic mass is 16.5. The molecule has 2 heterocycles. The van der Waals surface area contributed by atoms with Gasteiger partial charge in [0.15, 0.2) is 0 Å². The number of nitrogens with zero attached hydrogens (tertiary/aromatic N) is 2. The number of nitrogen functional groups attached to an aromatic ring is 1. The fourth-order valence-electron chi connectivity index (χ4n) is 2.86. The van der Waals surface area contributed by atoms with Gasteiger partial charge in [-0.1, -0.05) is 6.07 Å². The third-order valence-electron chi connectivity index (χ3n) is 3.87. The van der Waals surface area contributed by atoms with E-state index in [-0.39, 0.29) is 0 Å². The minimum Gasteiger partial charge on any atom is -0.398 e. The number of benzene rings is 1. The number of nitrogens with two attached hydrogens (primary N) is 1. The molecule has 4 heteroatoms. The molecule has 1 fully saturated rings. The second-order valence-corrected chi connectivity index (χ2v) is 5.05. The monoisotopic (exact) mass is 259 g/mol. The Bertz CT molecular complexity index is 570. The summed E-state index contributed by atoms with van der Waals surface area (Å²) in [5, 5.41) is 1.17. The summed E-state index contributed by atoms with van der Waals surface area (Å²) in [7, 11) is 0. The lowest BCUT2D eigenvalue weighted by atomic mass is 10.2. The first-order valence-electron chi connectivity index (χ1n) is 6.96. The Morgan fingerprint density at radius 1 is 1.26 bits per heavy atom. The molecule has 1 aliphatic rings. The van der Waals surface area contributed by atoms with Crippen molar-refractivity contribution in [2.24, 2.45) is 0 Å². The molecule has 0 bridgehead atoms. The number of aromatic nitrogens is 1. The SMILES string of the molecule is CCn1c(CN2CCOCC2)cc2c(N)cccc21. The molecule has 102 valence electrons. The van der Waals surface area contributed by atoms with Crippen LogP contribution in [0.25, 0.3) is 10.9 Å². The quantitative estimate of drug-likeness (QED) is 0.858. The Morgan fingerprint density at radius 3 is 2.79 bits per heavy atom. The number of anilines is 1. The average molecular weight is 259 g/mol. The number of hydrogen-bond donors (Lipinski definition) is 1. The summed E-state index contributed by atoms with van der Waals surface area (Å²) < 4.78 is 7.77. The van der Waals surface area contributed by atoms with Crippen molar-refractivity contribution >= 4 is 16.6 Å². The molecule has 1 aliphatic heterocycles.